The second-order valence-corrected chi connectivity index (χ2v) is 21.3. The molecule has 0 atom stereocenters. The smallest absolute Gasteiger partial charge is 0.264 e. The third kappa shape index (κ3) is 11.4. The molecule has 110 heavy (non-hydrogen) atoms. The summed E-state index contributed by atoms with van der Waals surface area (Å²) in [6, 6.07) is 0. The molecule has 0 saturated carbocycles. The molecular formula is C62H4B2F42N4. The molecule has 0 aromatic heterocycles. The predicted octanol–water partition coefficient (Wildman–Crippen LogP) is 16.0. The van der Waals surface area contributed by atoms with E-state index in [0.29, 0.717) is 0 Å². The highest BCUT2D eigenvalue weighted by atomic mass is 19.2. The van der Waals surface area contributed by atoms with Crippen LogP contribution in [0.5, 0.6) is 0 Å². The molecular weight excluding hydrogens is 1620 g/mol. The summed E-state index contributed by atoms with van der Waals surface area (Å²) in [5.41, 5.74) is -9.48. The van der Waals surface area contributed by atoms with Gasteiger partial charge < -0.3 is 11.5 Å². The molecule has 0 fully saturated rings. The van der Waals surface area contributed by atoms with Gasteiger partial charge >= 0.3 is 0 Å². The Balaban J connectivity index is 0.000000236. The molecule has 4 nitrogen and oxygen atoms in total. The van der Waals surface area contributed by atoms with Gasteiger partial charge in [0, 0.05) is 32.8 Å². The minimum absolute atomic E-state index is 1.25. The van der Waals surface area contributed by atoms with Gasteiger partial charge in [0.05, 0.1) is 64.6 Å². The van der Waals surface area contributed by atoms with E-state index >= 15 is 79.0 Å². The van der Waals surface area contributed by atoms with Gasteiger partial charge in [-0.05, 0) is 0 Å². The Bertz CT molecular complexity index is 5330. The number of benzene rings is 12. The molecule has 0 radical (unpaired) electrons. The highest BCUT2D eigenvalue weighted by Gasteiger charge is 2.49. The Morgan fingerprint density at radius 3 is 0.273 bits per heavy atom. The van der Waals surface area contributed by atoms with Crippen molar-refractivity contribution in [1.82, 2.24) is 0 Å². The maximum atomic E-state index is 16.1. The lowest BCUT2D eigenvalue weighted by Gasteiger charge is -2.23. The molecule has 0 spiro atoms. The first-order valence-electron chi connectivity index (χ1n) is 27.2. The highest BCUT2D eigenvalue weighted by Crippen LogP contribution is 2.41. The molecule has 0 aliphatic carbocycles. The van der Waals surface area contributed by atoms with E-state index in [0.717, 1.165) is 0 Å². The summed E-state index contributed by atoms with van der Waals surface area (Å²) >= 11 is 0. The Kier molecular flexibility index (Phi) is 21.5. The third-order valence-corrected chi connectivity index (χ3v) is 16.0. The van der Waals surface area contributed by atoms with E-state index in [1.165, 1.54) is 12.4 Å². The zero-order chi connectivity index (χ0) is 83.2. The van der Waals surface area contributed by atoms with Crippen molar-refractivity contribution in [1.29, 1.82) is 10.5 Å². The SMILES string of the molecule is Fc1c(F)c(F)c2c(F)c(B(c3c(F)c(F)c4c(F)c(F)c(F)c(F)c4c3F)c3c(F)c(F)c4c(F)c(F)c(F)c(F)c4c3F)c(F)c(F)c2c1F.Fc1c(F)c(F)c2c(F)c(B(c3c(F)c(F)c4c(F)c(F)c(F)c(F)c4c3F)c3c(F)c(F)c4c(F)c(F)c(F)c(F)c4c3F)c(F)c(F)c2c1F.N#CN.N#CN. The van der Waals surface area contributed by atoms with E-state index in [4.69, 9.17) is 10.5 Å². The van der Waals surface area contributed by atoms with Gasteiger partial charge in [0.1, 0.15) is 34.9 Å². The van der Waals surface area contributed by atoms with Crippen molar-refractivity contribution in [2.75, 3.05) is 0 Å². The number of hydrogen-bond donors (Lipinski definition) is 2. The van der Waals surface area contributed by atoms with Crippen LogP contribution in [0.1, 0.15) is 0 Å². The first kappa shape index (κ1) is 82.0. The van der Waals surface area contributed by atoms with Gasteiger partial charge in [0.25, 0.3) is 13.4 Å². The number of halogens is 42. The summed E-state index contributed by atoms with van der Waals surface area (Å²) in [7, 11) is 0. The standard InChI is InChI=1S/2C30BF21.2CH2N2/c2*32-10-1-4(19(41)28(50)25(47)16(1)38)13(35)22(44)7(10)31(8-11(33)2-5(14(36)23(8)45)20(42)29(51)26(48)17(2)39)9-12(34)3-6(15(37)24(9)46)21(43)30(52)27(49)18(3)40;2*2-1-3/h;;2*2H2. The molecule has 0 unspecified atom stereocenters. The van der Waals surface area contributed by atoms with Crippen LogP contribution >= 0.6 is 0 Å². The fourth-order valence-electron chi connectivity index (χ4n) is 11.4. The van der Waals surface area contributed by atoms with Crippen LogP contribution in [0.3, 0.4) is 0 Å². The van der Waals surface area contributed by atoms with Gasteiger partial charge in [-0.1, -0.05) is 0 Å². The number of nitriles is 2. The van der Waals surface area contributed by atoms with Gasteiger partial charge in [0.2, 0.25) is 0 Å². The number of hydrogen-bond acceptors (Lipinski definition) is 4. The van der Waals surface area contributed by atoms with Crippen molar-refractivity contribution < 1.29 is 184 Å². The van der Waals surface area contributed by atoms with Crippen LogP contribution < -0.4 is 44.2 Å². The first-order chi connectivity index (χ1) is 51.1. The molecule has 12 rings (SSSR count). The van der Waals surface area contributed by atoms with E-state index in [-0.39, 0.29) is 0 Å². The maximum absolute atomic E-state index is 16.1. The summed E-state index contributed by atoms with van der Waals surface area (Å²) in [6.07, 6.45) is 2.50. The molecule has 0 aliphatic heterocycles. The molecule has 0 heterocycles. The number of nitrogens with zero attached hydrogens (tertiary/aromatic N) is 2. The van der Waals surface area contributed by atoms with Crippen LogP contribution in [0.2, 0.25) is 0 Å². The van der Waals surface area contributed by atoms with Crippen LogP contribution in [0.4, 0.5) is 184 Å². The van der Waals surface area contributed by atoms with Gasteiger partial charge in [-0.15, -0.1) is 0 Å². The third-order valence-electron chi connectivity index (χ3n) is 16.0. The number of fused-ring (bicyclic) bond motifs is 6. The summed E-state index contributed by atoms with van der Waals surface area (Å²) in [4.78, 5) is 0. The minimum Gasteiger partial charge on any atom is -0.337 e. The topological polar surface area (TPSA) is 99.6 Å². The lowest BCUT2D eigenvalue weighted by atomic mass is 9.35. The van der Waals surface area contributed by atoms with Gasteiger partial charge in [-0.2, -0.15) is 10.5 Å². The van der Waals surface area contributed by atoms with Crippen molar-refractivity contribution in [2.24, 2.45) is 11.5 Å². The maximum Gasteiger partial charge on any atom is 0.264 e. The van der Waals surface area contributed by atoms with Crippen LogP contribution in [0.25, 0.3) is 64.6 Å². The summed E-state index contributed by atoms with van der Waals surface area (Å²) in [5.74, 6) is -130. The van der Waals surface area contributed by atoms with Crippen molar-refractivity contribution in [2.45, 2.75) is 0 Å². The van der Waals surface area contributed by atoms with E-state index in [9.17, 15) is 105 Å². The van der Waals surface area contributed by atoms with Crippen LogP contribution in [0, 0.1) is 267 Å². The van der Waals surface area contributed by atoms with Crippen LogP contribution in [-0.4, -0.2) is 13.4 Å². The highest BCUT2D eigenvalue weighted by molar-refractivity contribution is 6.97. The fourth-order valence-corrected chi connectivity index (χ4v) is 11.4. The van der Waals surface area contributed by atoms with Crippen molar-refractivity contribution in [3.05, 3.63) is 244 Å². The molecule has 0 bridgehead atoms. The number of rotatable bonds is 6. The second-order valence-electron chi connectivity index (χ2n) is 21.3. The largest absolute Gasteiger partial charge is 0.337 e. The van der Waals surface area contributed by atoms with Gasteiger partial charge in [-0.25, -0.2) is 184 Å². The van der Waals surface area contributed by atoms with Crippen molar-refractivity contribution in [3.63, 3.8) is 0 Å². The molecule has 572 valence electrons. The second kappa shape index (κ2) is 28.8. The molecule has 4 N–H and O–H groups in total. The molecule has 48 heteroatoms. The quantitative estimate of drug-likeness (QED) is 0.0433. The normalized spacial score (nSPS) is 11.4. The average Bonchev–Trinajstić information content (AvgIpc) is 0.706. The predicted molar refractivity (Wildman–Crippen MR) is 291 cm³/mol. The molecule has 0 amide bonds. The molecule has 12 aromatic carbocycles. The first-order valence-corrected chi connectivity index (χ1v) is 27.2. The Hall–Kier alpha value is -12.0. The summed E-state index contributed by atoms with van der Waals surface area (Å²) < 4.78 is 627. The summed E-state index contributed by atoms with van der Waals surface area (Å²) in [6.45, 7) is -8.81. The van der Waals surface area contributed by atoms with Crippen molar-refractivity contribution in [3.8, 4) is 12.4 Å². The minimum atomic E-state index is -4.40. The van der Waals surface area contributed by atoms with Gasteiger partial charge in [0.15, 0.2) is 222 Å². The van der Waals surface area contributed by atoms with Crippen LogP contribution in [0.15, 0.2) is 0 Å². The van der Waals surface area contributed by atoms with E-state index < -0.39 is 355 Å². The zero-order valence-electron chi connectivity index (χ0n) is 50.1. The summed E-state index contributed by atoms with van der Waals surface area (Å²) in [5, 5.41) is -16.9. The van der Waals surface area contributed by atoms with Crippen molar-refractivity contribution >= 4 is 111 Å². The Morgan fingerprint density at radius 2 is 0.191 bits per heavy atom. The van der Waals surface area contributed by atoms with E-state index in [1.54, 1.807) is 0 Å². The van der Waals surface area contributed by atoms with Crippen LogP contribution in [-0.2, 0) is 0 Å². The Morgan fingerprint density at radius 1 is 0.127 bits per heavy atom. The monoisotopic (exact) mass is 1620 g/mol. The van der Waals surface area contributed by atoms with Gasteiger partial charge in [-0.3, -0.25) is 0 Å². The van der Waals surface area contributed by atoms with E-state index in [1.807, 2.05) is 0 Å². The average molecular weight is 1620 g/mol. The van der Waals surface area contributed by atoms with E-state index in [2.05, 4.69) is 11.5 Å². The molecule has 0 aliphatic rings. The molecule has 0 saturated heterocycles. The lowest BCUT2D eigenvalue weighted by molar-refractivity contribution is 0.412. The zero-order valence-corrected chi connectivity index (χ0v) is 50.1. The number of nitrogens with two attached hydrogens (primary N) is 2. The fraction of sp³-hybridized carbons (Fsp3) is 0. The Labute approximate surface area is 573 Å². The lowest BCUT2D eigenvalue weighted by Crippen LogP contribution is -2.60. The molecule has 12 aromatic rings.